The molecule has 2 heterocycles. The summed E-state index contributed by atoms with van der Waals surface area (Å²) < 4.78 is 13.3. The van der Waals surface area contributed by atoms with Gasteiger partial charge in [0.15, 0.2) is 0 Å². The van der Waals surface area contributed by atoms with Crippen LogP contribution in [0.3, 0.4) is 0 Å². The van der Waals surface area contributed by atoms with Crippen molar-refractivity contribution in [3.05, 3.63) is 29.8 Å². The lowest BCUT2D eigenvalue weighted by Crippen LogP contribution is -2.42. The predicted octanol–water partition coefficient (Wildman–Crippen LogP) is 2.75. The number of rotatable bonds is 5. The topological polar surface area (TPSA) is 28.2 Å². The summed E-state index contributed by atoms with van der Waals surface area (Å²) in [5.41, 5.74) is 0.983. The summed E-state index contributed by atoms with van der Waals surface area (Å²) in [5.74, 6) is -0.242. The van der Waals surface area contributed by atoms with Crippen LogP contribution < -0.4 is 5.32 Å². The third kappa shape index (κ3) is 3.74. The van der Waals surface area contributed by atoms with E-state index in [0.29, 0.717) is 6.04 Å². The van der Waals surface area contributed by atoms with Gasteiger partial charge in [-0.2, -0.15) is 0 Å². The van der Waals surface area contributed by atoms with Crippen LogP contribution in [0.5, 0.6) is 0 Å². The first-order valence-electron chi connectivity index (χ1n) is 7.23. The van der Waals surface area contributed by atoms with Gasteiger partial charge in [-0.15, -0.1) is 0 Å². The largest absolute Gasteiger partial charge is 0.320 e. The molecule has 0 aliphatic carbocycles. The standard InChI is InChI=1S/C15H24FN3/c1-12(13-9-14(16)11-18-10-13)19-8-4-3-5-15(19)6-7-17-2/h9-12,15,17H,3-8H2,1-2H3. The van der Waals surface area contributed by atoms with Crippen molar-refractivity contribution in [3.63, 3.8) is 0 Å². The number of aromatic nitrogens is 1. The minimum absolute atomic E-state index is 0.241. The van der Waals surface area contributed by atoms with Gasteiger partial charge in [-0.3, -0.25) is 9.88 Å². The van der Waals surface area contributed by atoms with Crippen molar-refractivity contribution in [3.8, 4) is 0 Å². The summed E-state index contributed by atoms with van der Waals surface area (Å²) in [5, 5.41) is 3.22. The Hall–Kier alpha value is -1.00. The SMILES string of the molecule is CNCCC1CCCCN1C(C)c1cncc(F)c1. The molecule has 1 aliphatic heterocycles. The smallest absolute Gasteiger partial charge is 0.141 e. The van der Waals surface area contributed by atoms with Crippen molar-refractivity contribution < 1.29 is 4.39 Å². The van der Waals surface area contributed by atoms with Crippen LogP contribution >= 0.6 is 0 Å². The van der Waals surface area contributed by atoms with E-state index in [1.54, 1.807) is 12.3 Å². The number of nitrogens with one attached hydrogen (secondary N) is 1. The van der Waals surface area contributed by atoms with Crippen LogP contribution in [-0.4, -0.2) is 36.1 Å². The molecular formula is C15H24FN3. The maximum absolute atomic E-state index is 13.3. The highest BCUT2D eigenvalue weighted by atomic mass is 19.1. The minimum atomic E-state index is -0.242. The molecule has 1 aromatic rings. The minimum Gasteiger partial charge on any atom is -0.320 e. The number of hydrogen-bond acceptors (Lipinski definition) is 3. The molecule has 2 rings (SSSR count). The highest BCUT2D eigenvalue weighted by Crippen LogP contribution is 2.29. The van der Waals surface area contributed by atoms with E-state index in [1.165, 1.54) is 25.5 Å². The lowest BCUT2D eigenvalue weighted by Gasteiger charge is -2.40. The Morgan fingerprint density at radius 3 is 3.05 bits per heavy atom. The third-order valence-corrected chi connectivity index (χ3v) is 4.11. The Morgan fingerprint density at radius 1 is 1.47 bits per heavy atom. The third-order valence-electron chi connectivity index (χ3n) is 4.11. The van der Waals surface area contributed by atoms with E-state index in [0.717, 1.165) is 25.1 Å². The molecule has 0 amide bonds. The molecule has 0 aromatic carbocycles. The van der Waals surface area contributed by atoms with E-state index in [9.17, 15) is 4.39 Å². The quantitative estimate of drug-likeness (QED) is 0.887. The Morgan fingerprint density at radius 2 is 2.32 bits per heavy atom. The first-order valence-corrected chi connectivity index (χ1v) is 7.23. The van der Waals surface area contributed by atoms with Crippen LogP contribution in [-0.2, 0) is 0 Å². The van der Waals surface area contributed by atoms with Crippen molar-refractivity contribution in [2.45, 2.75) is 44.7 Å². The average molecular weight is 265 g/mol. The fraction of sp³-hybridized carbons (Fsp3) is 0.667. The summed E-state index contributed by atoms with van der Waals surface area (Å²) in [6, 6.07) is 2.45. The van der Waals surface area contributed by atoms with E-state index in [-0.39, 0.29) is 11.9 Å². The van der Waals surface area contributed by atoms with E-state index in [2.05, 4.69) is 22.1 Å². The predicted molar refractivity (Wildman–Crippen MR) is 75.5 cm³/mol. The maximum atomic E-state index is 13.3. The molecule has 19 heavy (non-hydrogen) atoms. The highest BCUT2D eigenvalue weighted by molar-refractivity contribution is 5.15. The van der Waals surface area contributed by atoms with Gasteiger partial charge in [-0.1, -0.05) is 6.42 Å². The second kappa shape index (κ2) is 6.96. The number of likely N-dealkylation sites (tertiary alicyclic amines) is 1. The summed E-state index contributed by atoms with van der Waals surface area (Å²) >= 11 is 0. The van der Waals surface area contributed by atoms with Crippen molar-refractivity contribution in [2.24, 2.45) is 0 Å². The molecule has 2 unspecified atom stereocenters. The van der Waals surface area contributed by atoms with Crippen molar-refractivity contribution in [1.82, 2.24) is 15.2 Å². The molecule has 3 nitrogen and oxygen atoms in total. The Bertz CT molecular complexity index is 397. The molecule has 1 aliphatic rings. The lowest BCUT2D eigenvalue weighted by molar-refractivity contribution is 0.0968. The molecular weight excluding hydrogens is 241 g/mol. The second-order valence-electron chi connectivity index (χ2n) is 5.39. The van der Waals surface area contributed by atoms with E-state index < -0.39 is 0 Å². The molecule has 1 aromatic heterocycles. The van der Waals surface area contributed by atoms with Crippen molar-refractivity contribution >= 4 is 0 Å². The van der Waals surface area contributed by atoms with Gasteiger partial charge in [0.25, 0.3) is 0 Å². The van der Waals surface area contributed by atoms with Crippen LogP contribution in [0, 0.1) is 5.82 Å². The van der Waals surface area contributed by atoms with E-state index in [1.807, 2.05) is 7.05 Å². The maximum Gasteiger partial charge on any atom is 0.141 e. The van der Waals surface area contributed by atoms with Gasteiger partial charge in [0.05, 0.1) is 6.20 Å². The summed E-state index contributed by atoms with van der Waals surface area (Å²) in [4.78, 5) is 6.48. The number of halogens is 1. The van der Waals surface area contributed by atoms with Gasteiger partial charge >= 0.3 is 0 Å². The summed E-state index contributed by atoms with van der Waals surface area (Å²) in [6.45, 7) is 4.30. The molecule has 1 saturated heterocycles. The monoisotopic (exact) mass is 265 g/mol. The normalized spacial score (nSPS) is 22.4. The molecule has 0 saturated carbocycles. The van der Waals surface area contributed by atoms with Crippen LogP contribution in [0.1, 0.15) is 44.2 Å². The van der Waals surface area contributed by atoms with Gasteiger partial charge in [0.1, 0.15) is 5.82 Å². The number of hydrogen-bond donors (Lipinski definition) is 1. The van der Waals surface area contributed by atoms with Crippen molar-refractivity contribution in [2.75, 3.05) is 20.1 Å². The van der Waals surface area contributed by atoms with Gasteiger partial charge in [-0.05, 0) is 58.0 Å². The van der Waals surface area contributed by atoms with Crippen LogP contribution in [0.4, 0.5) is 4.39 Å². The second-order valence-corrected chi connectivity index (χ2v) is 5.39. The van der Waals surface area contributed by atoms with Crippen LogP contribution in [0.25, 0.3) is 0 Å². The fourth-order valence-electron chi connectivity index (χ4n) is 3.00. The van der Waals surface area contributed by atoms with Crippen molar-refractivity contribution in [1.29, 1.82) is 0 Å². The molecule has 106 valence electrons. The van der Waals surface area contributed by atoms with Crippen LogP contribution in [0.15, 0.2) is 18.5 Å². The Balaban J connectivity index is 2.08. The Labute approximate surface area is 115 Å². The van der Waals surface area contributed by atoms with Gasteiger partial charge in [0, 0.05) is 18.3 Å². The lowest BCUT2D eigenvalue weighted by atomic mass is 9.95. The fourth-order valence-corrected chi connectivity index (χ4v) is 3.00. The number of pyridine rings is 1. The molecule has 0 bridgehead atoms. The van der Waals surface area contributed by atoms with E-state index >= 15 is 0 Å². The summed E-state index contributed by atoms with van der Waals surface area (Å²) in [7, 11) is 1.99. The molecule has 0 spiro atoms. The first-order chi connectivity index (χ1) is 9.22. The molecule has 0 radical (unpaired) electrons. The zero-order valence-electron chi connectivity index (χ0n) is 11.9. The van der Waals surface area contributed by atoms with Gasteiger partial charge < -0.3 is 5.32 Å². The van der Waals surface area contributed by atoms with Crippen LogP contribution in [0.2, 0.25) is 0 Å². The van der Waals surface area contributed by atoms with E-state index in [4.69, 9.17) is 0 Å². The van der Waals surface area contributed by atoms with Gasteiger partial charge in [0.2, 0.25) is 0 Å². The molecule has 4 heteroatoms. The van der Waals surface area contributed by atoms with Gasteiger partial charge in [-0.25, -0.2) is 4.39 Å². The summed E-state index contributed by atoms with van der Waals surface area (Å²) in [6.07, 6.45) is 8.00. The zero-order valence-corrected chi connectivity index (χ0v) is 11.9. The Kier molecular flexibility index (Phi) is 5.28. The number of piperidine rings is 1. The molecule has 1 fully saturated rings. The zero-order chi connectivity index (χ0) is 13.7. The highest BCUT2D eigenvalue weighted by Gasteiger charge is 2.27. The first kappa shape index (κ1) is 14.4. The number of nitrogens with zero attached hydrogens (tertiary/aromatic N) is 2. The average Bonchev–Trinajstić information content (AvgIpc) is 2.44. The molecule has 2 atom stereocenters. The molecule has 1 N–H and O–H groups in total.